The Bertz CT molecular complexity index is 711. The summed E-state index contributed by atoms with van der Waals surface area (Å²) >= 11 is 0. The number of aromatic nitrogens is 1. The van der Waals surface area contributed by atoms with Gasteiger partial charge in [-0.3, -0.25) is 0 Å². The zero-order chi connectivity index (χ0) is 17.1. The van der Waals surface area contributed by atoms with Crippen LogP contribution in [0.25, 0.3) is 0 Å². The number of nitrogens with zero attached hydrogens (tertiary/aromatic N) is 2. The maximum Gasteiger partial charge on any atom is 0.128 e. The van der Waals surface area contributed by atoms with E-state index in [-0.39, 0.29) is 0 Å². The van der Waals surface area contributed by atoms with Gasteiger partial charge in [-0.2, -0.15) is 0 Å². The topological polar surface area (TPSA) is 46.6 Å². The van der Waals surface area contributed by atoms with Crippen molar-refractivity contribution in [3.63, 3.8) is 0 Å². The molecule has 1 atom stereocenters. The van der Waals surface area contributed by atoms with Crippen molar-refractivity contribution < 1.29 is 9.47 Å². The maximum absolute atomic E-state index is 5.78. The summed E-state index contributed by atoms with van der Waals surface area (Å²) in [6, 6.07) is 10.7. The van der Waals surface area contributed by atoms with E-state index in [1.54, 1.807) is 7.11 Å². The molecule has 0 aliphatic carbocycles. The predicted octanol–water partition coefficient (Wildman–Crippen LogP) is 3.30. The van der Waals surface area contributed by atoms with E-state index in [0.717, 1.165) is 50.0 Å². The molecule has 2 aliphatic rings. The van der Waals surface area contributed by atoms with Crippen LogP contribution in [0.4, 0.5) is 5.82 Å². The fourth-order valence-electron chi connectivity index (χ4n) is 3.60. The fourth-order valence-corrected chi connectivity index (χ4v) is 3.60. The second kappa shape index (κ2) is 7.31. The molecule has 5 heteroatoms. The molecule has 0 bridgehead atoms. The van der Waals surface area contributed by atoms with E-state index in [0.29, 0.717) is 6.04 Å². The minimum atomic E-state index is 0.299. The third-order valence-electron chi connectivity index (χ3n) is 5.05. The van der Waals surface area contributed by atoms with E-state index in [4.69, 9.17) is 9.47 Å². The molecule has 1 fully saturated rings. The first-order chi connectivity index (χ1) is 12.3. The molecule has 2 aliphatic heterocycles. The quantitative estimate of drug-likeness (QED) is 0.906. The summed E-state index contributed by atoms with van der Waals surface area (Å²) in [4.78, 5) is 7.00. The zero-order valence-corrected chi connectivity index (χ0v) is 14.7. The molecule has 0 radical (unpaired) electrons. The largest absolute Gasteiger partial charge is 0.497 e. The number of benzene rings is 1. The number of pyridine rings is 1. The van der Waals surface area contributed by atoms with Crippen LogP contribution in [-0.4, -0.2) is 31.8 Å². The molecule has 0 amide bonds. The molecule has 1 saturated heterocycles. The van der Waals surface area contributed by atoms with Gasteiger partial charge in [0.15, 0.2) is 0 Å². The third kappa shape index (κ3) is 3.56. The Morgan fingerprint density at radius 3 is 2.88 bits per heavy atom. The number of methoxy groups -OCH3 is 1. The number of nitrogens with one attached hydrogen (secondary N) is 1. The van der Waals surface area contributed by atoms with Crippen molar-refractivity contribution in [3.05, 3.63) is 47.7 Å². The average molecular weight is 339 g/mol. The highest BCUT2D eigenvalue weighted by Crippen LogP contribution is 2.35. The zero-order valence-electron chi connectivity index (χ0n) is 14.7. The first kappa shape index (κ1) is 16.2. The van der Waals surface area contributed by atoms with E-state index in [2.05, 4.69) is 33.4 Å². The van der Waals surface area contributed by atoms with Gasteiger partial charge in [-0.25, -0.2) is 4.98 Å². The van der Waals surface area contributed by atoms with Gasteiger partial charge in [-0.05, 0) is 30.5 Å². The highest BCUT2D eigenvalue weighted by molar-refractivity contribution is 5.44. The molecule has 0 saturated carbocycles. The van der Waals surface area contributed by atoms with Crippen molar-refractivity contribution in [3.8, 4) is 11.5 Å². The molecule has 1 aromatic heterocycles. The van der Waals surface area contributed by atoms with Crippen molar-refractivity contribution in [2.24, 2.45) is 0 Å². The van der Waals surface area contributed by atoms with Crippen LogP contribution in [0.5, 0.6) is 11.5 Å². The first-order valence-electron chi connectivity index (χ1n) is 9.07. The lowest BCUT2D eigenvalue weighted by Crippen LogP contribution is -2.27. The molecule has 3 heterocycles. The van der Waals surface area contributed by atoms with Gasteiger partial charge >= 0.3 is 0 Å². The van der Waals surface area contributed by atoms with Crippen LogP contribution in [0, 0.1) is 0 Å². The Balaban J connectivity index is 1.40. The summed E-state index contributed by atoms with van der Waals surface area (Å²) in [5.74, 6) is 2.86. The summed E-state index contributed by atoms with van der Waals surface area (Å²) in [6.07, 6.45) is 5.52. The van der Waals surface area contributed by atoms with Crippen LogP contribution in [0.15, 0.2) is 36.5 Å². The van der Waals surface area contributed by atoms with Gasteiger partial charge in [0.25, 0.3) is 0 Å². The second-order valence-corrected chi connectivity index (χ2v) is 6.69. The SMILES string of the molecule is COc1ccc2c(c1)OCC[C@@H]2NCc1ccc(N2CCCC2)nc1. The summed E-state index contributed by atoms with van der Waals surface area (Å²) in [7, 11) is 1.68. The van der Waals surface area contributed by atoms with E-state index in [1.807, 2.05) is 18.3 Å². The summed E-state index contributed by atoms with van der Waals surface area (Å²) in [5.41, 5.74) is 2.41. The molecular weight excluding hydrogens is 314 g/mol. The molecule has 25 heavy (non-hydrogen) atoms. The number of hydrogen-bond acceptors (Lipinski definition) is 5. The molecule has 0 spiro atoms. The third-order valence-corrected chi connectivity index (χ3v) is 5.05. The van der Waals surface area contributed by atoms with Gasteiger partial charge in [0, 0.05) is 49.9 Å². The molecule has 5 nitrogen and oxygen atoms in total. The minimum Gasteiger partial charge on any atom is -0.497 e. The van der Waals surface area contributed by atoms with Gasteiger partial charge in [-0.15, -0.1) is 0 Å². The van der Waals surface area contributed by atoms with Crippen LogP contribution in [-0.2, 0) is 6.54 Å². The standard InChI is InChI=1S/C20H25N3O2/c1-24-16-5-6-17-18(8-11-25-19(17)12-16)21-13-15-4-7-20(22-14-15)23-9-2-3-10-23/h4-7,12,14,18,21H,2-3,8-11,13H2,1H3/t18-/m0/s1. The van der Waals surface area contributed by atoms with E-state index in [1.165, 1.54) is 24.0 Å². The molecular formula is C20H25N3O2. The van der Waals surface area contributed by atoms with Gasteiger partial charge in [0.2, 0.25) is 0 Å². The predicted molar refractivity (Wildman–Crippen MR) is 98.4 cm³/mol. The number of ether oxygens (including phenoxy) is 2. The highest BCUT2D eigenvalue weighted by atomic mass is 16.5. The van der Waals surface area contributed by atoms with Crippen molar-refractivity contribution >= 4 is 5.82 Å². The fraction of sp³-hybridized carbons (Fsp3) is 0.450. The van der Waals surface area contributed by atoms with Crippen LogP contribution in [0.2, 0.25) is 0 Å². The molecule has 2 aromatic rings. The highest BCUT2D eigenvalue weighted by Gasteiger charge is 2.21. The van der Waals surface area contributed by atoms with Gasteiger partial charge < -0.3 is 19.7 Å². The van der Waals surface area contributed by atoms with Gasteiger partial charge in [0.05, 0.1) is 13.7 Å². The molecule has 1 aromatic carbocycles. The molecule has 4 rings (SSSR count). The molecule has 0 unspecified atom stereocenters. The van der Waals surface area contributed by atoms with Crippen LogP contribution >= 0.6 is 0 Å². The average Bonchev–Trinajstić information content (AvgIpc) is 3.21. The summed E-state index contributed by atoms with van der Waals surface area (Å²) in [6.45, 7) is 3.80. The first-order valence-corrected chi connectivity index (χ1v) is 9.07. The number of fused-ring (bicyclic) bond motifs is 1. The Hall–Kier alpha value is -2.27. The Morgan fingerprint density at radius 2 is 2.12 bits per heavy atom. The lowest BCUT2D eigenvalue weighted by atomic mass is 10.00. The maximum atomic E-state index is 5.78. The molecule has 1 N–H and O–H groups in total. The van der Waals surface area contributed by atoms with E-state index < -0.39 is 0 Å². The summed E-state index contributed by atoms with van der Waals surface area (Å²) < 4.78 is 11.1. The minimum absolute atomic E-state index is 0.299. The van der Waals surface area contributed by atoms with Gasteiger partial charge in [-0.1, -0.05) is 12.1 Å². The lowest BCUT2D eigenvalue weighted by Gasteiger charge is -2.27. The normalized spacial score (nSPS) is 19.4. The number of rotatable bonds is 5. The Morgan fingerprint density at radius 1 is 1.24 bits per heavy atom. The van der Waals surface area contributed by atoms with E-state index >= 15 is 0 Å². The van der Waals surface area contributed by atoms with Crippen molar-refractivity contribution in [2.75, 3.05) is 31.7 Å². The number of anilines is 1. The van der Waals surface area contributed by atoms with Crippen LogP contribution in [0.1, 0.15) is 36.4 Å². The smallest absolute Gasteiger partial charge is 0.128 e. The van der Waals surface area contributed by atoms with E-state index in [9.17, 15) is 0 Å². The Labute approximate surface area is 149 Å². The van der Waals surface area contributed by atoms with Crippen LogP contribution < -0.4 is 19.7 Å². The monoisotopic (exact) mass is 339 g/mol. The second-order valence-electron chi connectivity index (χ2n) is 6.69. The van der Waals surface area contributed by atoms with Crippen molar-refractivity contribution in [2.45, 2.75) is 31.8 Å². The van der Waals surface area contributed by atoms with Crippen molar-refractivity contribution in [1.29, 1.82) is 0 Å². The number of hydrogen-bond donors (Lipinski definition) is 1. The van der Waals surface area contributed by atoms with Crippen LogP contribution in [0.3, 0.4) is 0 Å². The van der Waals surface area contributed by atoms with Gasteiger partial charge in [0.1, 0.15) is 17.3 Å². The molecule has 132 valence electrons. The lowest BCUT2D eigenvalue weighted by molar-refractivity contribution is 0.250. The summed E-state index contributed by atoms with van der Waals surface area (Å²) in [5, 5.41) is 3.65. The Kier molecular flexibility index (Phi) is 4.74. The van der Waals surface area contributed by atoms with Crippen molar-refractivity contribution in [1.82, 2.24) is 10.3 Å².